The monoisotopic (exact) mass is 287 g/mol. The Bertz CT molecular complexity index is 521. The molecule has 0 aliphatic carbocycles. The topological polar surface area (TPSA) is 61.4 Å². The number of carbonyl (C=O) groups is 2. The highest BCUT2D eigenvalue weighted by atomic mass is 16.2. The molecular weight excluding hydrogens is 266 g/mol. The fraction of sp³-hybridized carbons (Fsp3) is 0.500. The van der Waals surface area contributed by atoms with Gasteiger partial charge in [-0.15, -0.1) is 0 Å². The van der Waals surface area contributed by atoms with Crippen molar-refractivity contribution < 1.29 is 9.59 Å². The van der Waals surface area contributed by atoms with E-state index in [9.17, 15) is 9.59 Å². The second kappa shape index (κ2) is 6.26. The van der Waals surface area contributed by atoms with Gasteiger partial charge in [-0.05, 0) is 56.0 Å². The number of rotatable bonds is 3. The van der Waals surface area contributed by atoms with E-state index in [1.165, 1.54) is 18.4 Å². The highest BCUT2D eigenvalue weighted by molar-refractivity contribution is 6.05. The number of hydrogen-bond acceptors (Lipinski definition) is 3. The van der Waals surface area contributed by atoms with E-state index in [1.54, 1.807) is 4.90 Å². The van der Waals surface area contributed by atoms with Gasteiger partial charge in [-0.3, -0.25) is 15.0 Å². The average molecular weight is 287 g/mol. The zero-order valence-electron chi connectivity index (χ0n) is 12.1. The maximum atomic E-state index is 11.8. The third kappa shape index (κ3) is 3.42. The minimum absolute atomic E-state index is 0.196. The van der Waals surface area contributed by atoms with Crippen LogP contribution in [0.5, 0.6) is 0 Å². The van der Waals surface area contributed by atoms with E-state index in [4.69, 9.17) is 0 Å². The summed E-state index contributed by atoms with van der Waals surface area (Å²) in [6.07, 6.45) is 3.94. The molecule has 2 heterocycles. The third-order valence-electron chi connectivity index (χ3n) is 4.29. The van der Waals surface area contributed by atoms with Crippen molar-refractivity contribution in [2.45, 2.75) is 25.7 Å². The standard InChI is InChI=1S/C16H21N3O2/c20-15-7-10-19(16(21)18-15)14-3-1-12(2-4-14)11-13-5-8-17-9-6-13/h1-4,13,17H,5-11H2,(H,18,20,21). The lowest BCUT2D eigenvalue weighted by molar-refractivity contribution is -0.120. The molecule has 5 nitrogen and oxygen atoms in total. The van der Waals surface area contributed by atoms with Crippen molar-refractivity contribution in [1.82, 2.24) is 10.6 Å². The summed E-state index contributed by atoms with van der Waals surface area (Å²) in [6, 6.07) is 7.83. The van der Waals surface area contributed by atoms with Crippen LogP contribution in [0, 0.1) is 5.92 Å². The quantitative estimate of drug-likeness (QED) is 0.889. The fourth-order valence-corrected chi connectivity index (χ4v) is 3.04. The molecule has 0 saturated carbocycles. The molecule has 5 heteroatoms. The van der Waals surface area contributed by atoms with Gasteiger partial charge in [0.05, 0.1) is 0 Å². The Kier molecular flexibility index (Phi) is 4.20. The Morgan fingerprint density at radius 2 is 1.81 bits per heavy atom. The molecule has 2 N–H and O–H groups in total. The molecule has 0 radical (unpaired) electrons. The number of benzene rings is 1. The Balaban J connectivity index is 1.63. The molecule has 0 unspecified atom stereocenters. The Morgan fingerprint density at radius 1 is 1.10 bits per heavy atom. The summed E-state index contributed by atoms with van der Waals surface area (Å²) >= 11 is 0. The van der Waals surface area contributed by atoms with Crippen LogP contribution in [0.4, 0.5) is 10.5 Å². The minimum atomic E-state index is -0.322. The van der Waals surface area contributed by atoms with Crippen molar-refractivity contribution in [3.63, 3.8) is 0 Å². The largest absolute Gasteiger partial charge is 0.328 e. The molecule has 2 saturated heterocycles. The molecule has 3 rings (SSSR count). The third-order valence-corrected chi connectivity index (χ3v) is 4.29. The first kappa shape index (κ1) is 14.1. The molecule has 2 aliphatic rings. The van der Waals surface area contributed by atoms with Crippen LogP contribution >= 0.6 is 0 Å². The van der Waals surface area contributed by atoms with E-state index in [0.717, 1.165) is 31.1 Å². The van der Waals surface area contributed by atoms with Gasteiger partial charge in [0.25, 0.3) is 0 Å². The molecule has 3 amide bonds. The van der Waals surface area contributed by atoms with Gasteiger partial charge in [0.2, 0.25) is 5.91 Å². The van der Waals surface area contributed by atoms with Gasteiger partial charge in [0, 0.05) is 18.7 Å². The van der Waals surface area contributed by atoms with E-state index in [-0.39, 0.29) is 11.9 Å². The molecule has 2 fully saturated rings. The summed E-state index contributed by atoms with van der Waals surface area (Å²) in [5, 5.41) is 5.73. The maximum absolute atomic E-state index is 11.8. The summed E-state index contributed by atoms with van der Waals surface area (Å²) < 4.78 is 0. The molecular formula is C16H21N3O2. The zero-order valence-corrected chi connectivity index (χ0v) is 12.1. The SMILES string of the molecule is O=C1CCN(c2ccc(CC3CCNCC3)cc2)C(=O)N1. The van der Waals surface area contributed by atoms with Gasteiger partial charge >= 0.3 is 6.03 Å². The van der Waals surface area contributed by atoms with E-state index in [2.05, 4.69) is 22.8 Å². The van der Waals surface area contributed by atoms with Crippen LogP contribution in [-0.2, 0) is 11.2 Å². The summed E-state index contributed by atoms with van der Waals surface area (Å²) in [4.78, 5) is 24.6. The van der Waals surface area contributed by atoms with Gasteiger partial charge in [-0.1, -0.05) is 12.1 Å². The van der Waals surface area contributed by atoms with Crippen LogP contribution in [0.1, 0.15) is 24.8 Å². The van der Waals surface area contributed by atoms with Gasteiger partial charge in [0.15, 0.2) is 0 Å². The predicted octanol–water partition coefficient (Wildman–Crippen LogP) is 1.68. The minimum Gasteiger partial charge on any atom is -0.317 e. The van der Waals surface area contributed by atoms with Crippen LogP contribution in [0.25, 0.3) is 0 Å². The number of hydrogen-bond donors (Lipinski definition) is 2. The number of urea groups is 1. The van der Waals surface area contributed by atoms with E-state index < -0.39 is 0 Å². The number of imide groups is 1. The molecule has 21 heavy (non-hydrogen) atoms. The van der Waals surface area contributed by atoms with Crippen molar-refractivity contribution in [1.29, 1.82) is 0 Å². The lowest BCUT2D eigenvalue weighted by atomic mass is 9.91. The summed E-state index contributed by atoms with van der Waals surface area (Å²) in [7, 11) is 0. The first-order valence-corrected chi connectivity index (χ1v) is 7.63. The lowest BCUT2D eigenvalue weighted by Gasteiger charge is -2.27. The summed E-state index contributed by atoms with van der Waals surface area (Å²) in [5.74, 6) is 0.562. The van der Waals surface area contributed by atoms with Gasteiger partial charge in [-0.2, -0.15) is 0 Å². The maximum Gasteiger partial charge on any atom is 0.328 e. The van der Waals surface area contributed by atoms with Crippen LogP contribution in [0.15, 0.2) is 24.3 Å². The molecule has 0 bridgehead atoms. The predicted molar refractivity (Wildman–Crippen MR) is 81.2 cm³/mol. The fourth-order valence-electron chi connectivity index (χ4n) is 3.04. The average Bonchev–Trinajstić information content (AvgIpc) is 2.49. The summed E-state index contributed by atoms with van der Waals surface area (Å²) in [6.45, 7) is 2.69. The van der Waals surface area contributed by atoms with Crippen LogP contribution < -0.4 is 15.5 Å². The number of carbonyl (C=O) groups excluding carboxylic acids is 2. The van der Waals surface area contributed by atoms with Gasteiger partial charge in [0.1, 0.15) is 0 Å². The molecule has 0 atom stereocenters. The second-order valence-electron chi connectivity index (χ2n) is 5.82. The number of piperidine rings is 1. The normalized spacial score (nSPS) is 20.5. The number of amides is 3. The number of nitrogens with one attached hydrogen (secondary N) is 2. The Morgan fingerprint density at radius 3 is 2.48 bits per heavy atom. The molecule has 112 valence electrons. The highest BCUT2D eigenvalue weighted by Crippen LogP contribution is 2.22. The molecule has 1 aromatic carbocycles. The lowest BCUT2D eigenvalue weighted by Crippen LogP contribution is -2.49. The summed E-state index contributed by atoms with van der Waals surface area (Å²) in [5.41, 5.74) is 2.17. The number of anilines is 1. The van der Waals surface area contributed by atoms with Crippen molar-refractivity contribution in [2.75, 3.05) is 24.5 Å². The molecule has 2 aliphatic heterocycles. The Hall–Kier alpha value is -1.88. The molecule has 0 spiro atoms. The first-order chi connectivity index (χ1) is 10.2. The van der Waals surface area contributed by atoms with Crippen molar-refractivity contribution >= 4 is 17.6 Å². The molecule has 0 aromatic heterocycles. The van der Waals surface area contributed by atoms with Crippen molar-refractivity contribution in [2.24, 2.45) is 5.92 Å². The Labute approximate surface area is 124 Å². The molecule has 1 aromatic rings. The zero-order chi connectivity index (χ0) is 14.7. The van der Waals surface area contributed by atoms with Gasteiger partial charge < -0.3 is 5.32 Å². The first-order valence-electron chi connectivity index (χ1n) is 7.63. The van der Waals surface area contributed by atoms with Crippen molar-refractivity contribution in [3.05, 3.63) is 29.8 Å². The second-order valence-corrected chi connectivity index (χ2v) is 5.82. The van der Waals surface area contributed by atoms with E-state index >= 15 is 0 Å². The van der Waals surface area contributed by atoms with Crippen LogP contribution in [-0.4, -0.2) is 31.6 Å². The number of nitrogens with zero attached hydrogens (tertiary/aromatic N) is 1. The van der Waals surface area contributed by atoms with E-state index in [1.807, 2.05) is 12.1 Å². The van der Waals surface area contributed by atoms with Crippen LogP contribution in [0.2, 0.25) is 0 Å². The van der Waals surface area contributed by atoms with Crippen molar-refractivity contribution in [3.8, 4) is 0 Å². The van der Waals surface area contributed by atoms with Gasteiger partial charge in [-0.25, -0.2) is 4.79 Å². The van der Waals surface area contributed by atoms with E-state index in [0.29, 0.717) is 13.0 Å². The smallest absolute Gasteiger partial charge is 0.317 e. The highest BCUT2D eigenvalue weighted by Gasteiger charge is 2.24. The van der Waals surface area contributed by atoms with Crippen LogP contribution in [0.3, 0.4) is 0 Å².